The lowest BCUT2D eigenvalue weighted by molar-refractivity contribution is -0.117. The summed E-state index contributed by atoms with van der Waals surface area (Å²) >= 11 is 4.98. The van der Waals surface area contributed by atoms with Gasteiger partial charge in [-0.15, -0.1) is 0 Å². The van der Waals surface area contributed by atoms with Gasteiger partial charge < -0.3 is 20.3 Å². The summed E-state index contributed by atoms with van der Waals surface area (Å²) in [7, 11) is 0. The number of carbonyl (C=O) groups is 2. The highest BCUT2D eigenvalue weighted by molar-refractivity contribution is 7.80. The molecule has 1 aliphatic rings. The molecule has 0 radical (unpaired) electrons. The molecule has 1 fully saturated rings. The normalized spacial score (nSPS) is 18.6. The minimum absolute atomic E-state index is 0.0385. The second kappa shape index (κ2) is 6.88. The maximum Gasteiger partial charge on any atom is 0.410 e. The van der Waals surface area contributed by atoms with Crippen LogP contribution >= 0.6 is 12.2 Å². The Balaban J connectivity index is 2.47. The standard InChI is InChI=1S/C13H23N3O3S/c1-9(17)15-11(20)14-8-10-6-5-7-16(10)12(18)19-13(2,3)4/h10H,5-8H2,1-4H3,(H2,14,15,17,20). The number of thiocarbonyl (C=S) groups is 1. The molecule has 1 rings (SSSR count). The van der Waals surface area contributed by atoms with Crippen LogP contribution < -0.4 is 10.6 Å². The Morgan fingerprint density at radius 3 is 2.60 bits per heavy atom. The molecular formula is C13H23N3O3S. The Morgan fingerprint density at radius 2 is 2.05 bits per heavy atom. The van der Waals surface area contributed by atoms with Crippen LogP contribution in [0, 0.1) is 0 Å². The summed E-state index contributed by atoms with van der Waals surface area (Å²) in [5, 5.41) is 5.74. The van der Waals surface area contributed by atoms with E-state index < -0.39 is 5.60 Å². The Hall–Kier alpha value is -1.37. The molecule has 0 aromatic rings. The fourth-order valence-corrected chi connectivity index (χ4v) is 2.25. The number of nitrogens with zero attached hydrogens (tertiary/aromatic N) is 1. The van der Waals surface area contributed by atoms with Crippen molar-refractivity contribution in [3.63, 3.8) is 0 Å². The molecule has 0 aromatic carbocycles. The number of likely N-dealkylation sites (tertiary alicyclic amines) is 1. The van der Waals surface area contributed by atoms with Crippen molar-refractivity contribution in [2.45, 2.75) is 52.2 Å². The molecule has 0 aliphatic carbocycles. The third-order valence-corrected chi connectivity index (χ3v) is 3.04. The maximum absolute atomic E-state index is 12.1. The second-order valence-electron chi connectivity index (χ2n) is 5.86. The molecule has 0 aromatic heterocycles. The van der Waals surface area contributed by atoms with E-state index in [1.54, 1.807) is 4.90 Å². The lowest BCUT2D eigenvalue weighted by Gasteiger charge is -2.28. The van der Waals surface area contributed by atoms with Crippen LogP contribution in [-0.2, 0) is 9.53 Å². The summed E-state index contributed by atoms with van der Waals surface area (Å²) in [6.45, 7) is 8.14. The van der Waals surface area contributed by atoms with E-state index >= 15 is 0 Å². The van der Waals surface area contributed by atoms with Crippen LogP contribution in [0.1, 0.15) is 40.5 Å². The smallest absolute Gasteiger partial charge is 0.410 e. The Bertz CT molecular complexity index is 393. The van der Waals surface area contributed by atoms with Crippen molar-refractivity contribution < 1.29 is 14.3 Å². The average Bonchev–Trinajstić information content (AvgIpc) is 2.71. The quantitative estimate of drug-likeness (QED) is 0.754. The number of rotatable bonds is 2. The van der Waals surface area contributed by atoms with Crippen LogP contribution in [0.2, 0.25) is 0 Å². The summed E-state index contributed by atoms with van der Waals surface area (Å²) in [5.74, 6) is -0.210. The van der Waals surface area contributed by atoms with Gasteiger partial charge >= 0.3 is 6.09 Å². The number of carbonyl (C=O) groups excluding carboxylic acids is 2. The molecule has 0 spiro atoms. The van der Waals surface area contributed by atoms with Crippen molar-refractivity contribution >= 4 is 29.3 Å². The van der Waals surface area contributed by atoms with E-state index in [4.69, 9.17) is 17.0 Å². The van der Waals surface area contributed by atoms with Crippen molar-refractivity contribution in [2.75, 3.05) is 13.1 Å². The van der Waals surface area contributed by atoms with Gasteiger partial charge in [0.05, 0.1) is 6.04 Å². The Labute approximate surface area is 125 Å². The van der Waals surface area contributed by atoms with E-state index in [1.165, 1.54) is 6.92 Å². The maximum atomic E-state index is 12.1. The number of hydrogen-bond donors (Lipinski definition) is 2. The van der Waals surface area contributed by atoms with E-state index in [-0.39, 0.29) is 23.2 Å². The third kappa shape index (κ3) is 5.73. The van der Waals surface area contributed by atoms with E-state index in [1.807, 2.05) is 20.8 Å². The molecule has 2 amide bonds. The first kappa shape index (κ1) is 16.7. The van der Waals surface area contributed by atoms with Crippen LogP contribution in [-0.4, -0.2) is 46.7 Å². The molecule has 1 atom stereocenters. The number of hydrogen-bond acceptors (Lipinski definition) is 4. The molecule has 1 saturated heterocycles. The summed E-state index contributed by atoms with van der Waals surface area (Å²) in [6, 6.07) is 0.0385. The van der Waals surface area contributed by atoms with Gasteiger partial charge in [-0.05, 0) is 45.8 Å². The topological polar surface area (TPSA) is 70.7 Å². The average molecular weight is 301 g/mol. The lowest BCUT2D eigenvalue weighted by atomic mass is 10.2. The van der Waals surface area contributed by atoms with Gasteiger partial charge in [-0.25, -0.2) is 4.79 Å². The van der Waals surface area contributed by atoms with E-state index in [2.05, 4.69) is 10.6 Å². The van der Waals surface area contributed by atoms with Gasteiger partial charge in [0, 0.05) is 20.0 Å². The van der Waals surface area contributed by atoms with Crippen LogP contribution in [0.15, 0.2) is 0 Å². The predicted octanol–water partition coefficient (Wildman–Crippen LogP) is 1.40. The van der Waals surface area contributed by atoms with Gasteiger partial charge in [0.25, 0.3) is 0 Å². The minimum Gasteiger partial charge on any atom is -0.444 e. The number of nitrogens with one attached hydrogen (secondary N) is 2. The molecule has 20 heavy (non-hydrogen) atoms. The molecule has 114 valence electrons. The van der Waals surface area contributed by atoms with Gasteiger partial charge in [0.15, 0.2) is 5.11 Å². The molecule has 0 saturated carbocycles. The van der Waals surface area contributed by atoms with E-state index in [0.717, 1.165) is 12.8 Å². The SMILES string of the molecule is CC(=O)NC(=S)NCC1CCCN1C(=O)OC(C)(C)C. The molecule has 6 nitrogen and oxygen atoms in total. The third-order valence-electron chi connectivity index (χ3n) is 2.79. The first-order valence-electron chi connectivity index (χ1n) is 6.74. The highest BCUT2D eigenvalue weighted by Crippen LogP contribution is 2.20. The van der Waals surface area contributed by atoms with Crippen molar-refractivity contribution in [1.82, 2.24) is 15.5 Å². The minimum atomic E-state index is -0.497. The summed E-state index contributed by atoms with van der Waals surface area (Å²) < 4.78 is 5.38. The Kier molecular flexibility index (Phi) is 5.74. The van der Waals surface area contributed by atoms with E-state index in [0.29, 0.717) is 13.1 Å². The van der Waals surface area contributed by atoms with Gasteiger partial charge in [0.2, 0.25) is 5.91 Å². The first-order chi connectivity index (χ1) is 9.19. The molecule has 1 aliphatic heterocycles. The summed E-state index contributed by atoms with van der Waals surface area (Å²) in [6.07, 6.45) is 1.54. The Morgan fingerprint density at radius 1 is 1.40 bits per heavy atom. The second-order valence-corrected chi connectivity index (χ2v) is 6.27. The fraction of sp³-hybridized carbons (Fsp3) is 0.769. The largest absolute Gasteiger partial charge is 0.444 e. The van der Waals surface area contributed by atoms with Crippen molar-refractivity contribution in [1.29, 1.82) is 0 Å². The predicted molar refractivity (Wildman–Crippen MR) is 80.4 cm³/mol. The van der Waals surface area contributed by atoms with Gasteiger partial charge in [-0.2, -0.15) is 0 Å². The van der Waals surface area contributed by atoms with Crippen molar-refractivity contribution in [2.24, 2.45) is 0 Å². The van der Waals surface area contributed by atoms with Crippen molar-refractivity contribution in [3.8, 4) is 0 Å². The van der Waals surface area contributed by atoms with Gasteiger partial charge in [0.1, 0.15) is 5.60 Å². The zero-order valence-corrected chi connectivity index (χ0v) is 13.3. The molecule has 2 N–H and O–H groups in total. The van der Waals surface area contributed by atoms with Gasteiger partial charge in [-0.1, -0.05) is 0 Å². The highest BCUT2D eigenvalue weighted by atomic mass is 32.1. The zero-order chi connectivity index (χ0) is 15.3. The highest BCUT2D eigenvalue weighted by Gasteiger charge is 2.32. The van der Waals surface area contributed by atoms with Crippen LogP contribution in [0.25, 0.3) is 0 Å². The molecule has 0 bridgehead atoms. The van der Waals surface area contributed by atoms with Crippen molar-refractivity contribution in [3.05, 3.63) is 0 Å². The monoisotopic (exact) mass is 301 g/mol. The molecule has 1 unspecified atom stereocenters. The van der Waals surface area contributed by atoms with Crippen LogP contribution in [0.4, 0.5) is 4.79 Å². The lowest BCUT2D eigenvalue weighted by Crippen LogP contribution is -2.47. The number of ether oxygens (including phenoxy) is 1. The fourth-order valence-electron chi connectivity index (χ4n) is 2.02. The first-order valence-corrected chi connectivity index (χ1v) is 7.15. The van der Waals surface area contributed by atoms with Crippen LogP contribution in [0.3, 0.4) is 0 Å². The summed E-state index contributed by atoms with van der Waals surface area (Å²) in [4.78, 5) is 24.6. The molecular weight excluding hydrogens is 278 g/mol. The van der Waals surface area contributed by atoms with Crippen LogP contribution in [0.5, 0.6) is 0 Å². The molecule has 7 heteroatoms. The molecule has 1 heterocycles. The van der Waals surface area contributed by atoms with Gasteiger partial charge in [-0.3, -0.25) is 4.79 Å². The number of amides is 2. The summed E-state index contributed by atoms with van der Waals surface area (Å²) in [5.41, 5.74) is -0.497. The van der Waals surface area contributed by atoms with E-state index in [9.17, 15) is 9.59 Å². The zero-order valence-electron chi connectivity index (χ0n) is 12.5.